The minimum absolute atomic E-state index is 0.0560. The van der Waals surface area contributed by atoms with Crippen molar-refractivity contribution >= 4 is 17.9 Å². The van der Waals surface area contributed by atoms with Gasteiger partial charge in [0, 0.05) is 6.42 Å². The van der Waals surface area contributed by atoms with E-state index < -0.39 is 0 Å². The van der Waals surface area contributed by atoms with Crippen LogP contribution in [0.2, 0.25) is 0 Å². The smallest absolute Gasteiger partial charge is 0.306 e. The van der Waals surface area contributed by atoms with E-state index in [1.54, 1.807) is 0 Å². The standard InChI is InChI=1S/C26H48O6/c1-3-5-7-9-10-12-16-22-31-25(28)19-20-26(29)32-23-17-13-14-18-24(27)30-21-15-11-8-6-4-2/h3-23H2,1-2H3. The van der Waals surface area contributed by atoms with Gasteiger partial charge in [0.15, 0.2) is 0 Å². The van der Waals surface area contributed by atoms with Crippen molar-refractivity contribution in [2.24, 2.45) is 0 Å². The molecule has 0 bridgehead atoms. The Morgan fingerprint density at radius 3 is 1.12 bits per heavy atom. The SMILES string of the molecule is CCCCCCCCCOC(=O)CCC(=O)OCCCCCC(=O)OCCCCCCC. The molecular weight excluding hydrogens is 408 g/mol. The summed E-state index contributed by atoms with van der Waals surface area (Å²) in [4.78, 5) is 35.0. The topological polar surface area (TPSA) is 78.9 Å². The normalized spacial score (nSPS) is 10.7. The maximum atomic E-state index is 11.7. The van der Waals surface area contributed by atoms with Crippen LogP contribution >= 0.6 is 0 Å². The molecule has 6 nitrogen and oxygen atoms in total. The molecule has 0 aromatic rings. The molecule has 0 N–H and O–H groups in total. The Kier molecular flexibility index (Phi) is 22.9. The molecule has 0 radical (unpaired) electrons. The second-order valence-corrected chi connectivity index (χ2v) is 8.51. The van der Waals surface area contributed by atoms with Crippen LogP contribution in [0.25, 0.3) is 0 Å². The zero-order valence-electron chi connectivity index (χ0n) is 20.8. The van der Waals surface area contributed by atoms with Crippen LogP contribution in [0.1, 0.15) is 129 Å². The molecule has 0 rings (SSSR count). The number of ether oxygens (including phenoxy) is 3. The predicted molar refractivity (Wildman–Crippen MR) is 127 cm³/mol. The molecule has 0 amide bonds. The van der Waals surface area contributed by atoms with Crippen molar-refractivity contribution in [1.82, 2.24) is 0 Å². The van der Waals surface area contributed by atoms with Crippen LogP contribution in [0.15, 0.2) is 0 Å². The predicted octanol–water partition coefficient (Wildman–Crippen LogP) is 6.68. The first kappa shape index (κ1) is 30.4. The fourth-order valence-electron chi connectivity index (χ4n) is 3.29. The van der Waals surface area contributed by atoms with Gasteiger partial charge in [0.25, 0.3) is 0 Å². The lowest BCUT2D eigenvalue weighted by atomic mass is 10.1. The van der Waals surface area contributed by atoms with Gasteiger partial charge in [0.1, 0.15) is 0 Å². The molecule has 0 unspecified atom stereocenters. The maximum Gasteiger partial charge on any atom is 0.306 e. The van der Waals surface area contributed by atoms with Crippen LogP contribution < -0.4 is 0 Å². The molecule has 0 aliphatic rings. The fourth-order valence-corrected chi connectivity index (χ4v) is 3.29. The summed E-state index contributed by atoms with van der Waals surface area (Å²) in [6, 6.07) is 0. The van der Waals surface area contributed by atoms with Crippen LogP contribution in [0.5, 0.6) is 0 Å². The van der Waals surface area contributed by atoms with Crippen molar-refractivity contribution in [3.05, 3.63) is 0 Å². The second-order valence-electron chi connectivity index (χ2n) is 8.51. The second kappa shape index (κ2) is 24.1. The largest absolute Gasteiger partial charge is 0.466 e. The van der Waals surface area contributed by atoms with Gasteiger partial charge in [-0.25, -0.2) is 0 Å². The summed E-state index contributed by atoms with van der Waals surface area (Å²) in [5.41, 5.74) is 0. The number of hydrogen-bond donors (Lipinski definition) is 0. The van der Waals surface area contributed by atoms with E-state index in [0.29, 0.717) is 32.7 Å². The van der Waals surface area contributed by atoms with Gasteiger partial charge in [-0.1, -0.05) is 78.1 Å². The lowest BCUT2D eigenvalue weighted by Gasteiger charge is -2.07. The van der Waals surface area contributed by atoms with E-state index >= 15 is 0 Å². The molecule has 0 heterocycles. The summed E-state index contributed by atoms with van der Waals surface area (Å²) in [5.74, 6) is -0.857. The van der Waals surface area contributed by atoms with Gasteiger partial charge in [-0.15, -0.1) is 0 Å². The number of hydrogen-bond acceptors (Lipinski definition) is 6. The van der Waals surface area contributed by atoms with Crippen LogP contribution in [0, 0.1) is 0 Å². The number of unbranched alkanes of at least 4 members (excludes halogenated alkanes) is 12. The Morgan fingerprint density at radius 1 is 0.406 bits per heavy atom. The average Bonchev–Trinajstić information content (AvgIpc) is 2.78. The molecular formula is C26H48O6. The van der Waals surface area contributed by atoms with Crippen LogP contribution in [0.4, 0.5) is 0 Å². The third kappa shape index (κ3) is 23.1. The monoisotopic (exact) mass is 456 g/mol. The summed E-state index contributed by atoms with van der Waals surface area (Å²) >= 11 is 0. The molecule has 0 fully saturated rings. The van der Waals surface area contributed by atoms with Gasteiger partial charge in [-0.3, -0.25) is 14.4 Å². The van der Waals surface area contributed by atoms with E-state index in [0.717, 1.165) is 38.5 Å². The molecule has 0 atom stereocenters. The first-order valence-corrected chi connectivity index (χ1v) is 13.1. The lowest BCUT2D eigenvalue weighted by molar-refractivity contribution is -0.150. The average molecular weight is 457 g/mol. The van der Waals surface area contributed by atoms with E-state index in [1.807, 2.05) is 0 Å². The quantitative estimate of drug-likeness (QED) is 0.0969. The molecule has 0 saturated heterocycles. The summed E-state index contributed by atoms with van der Waals surface area (Å²) in [5, 5.41) is 0. The minimum atomic E-state index is -0.375. The molecule has 0 saturated carbocycles. The van der Waals surface area contributed by atoms with Crippen LogP contribution in [-0.4, -0.2) is 37.7 Å². The number of carbonyl (C=O) groups is 3. The van der Waals surface area contributed by atoms with E-state index in [2.05, 4.69) is 13.8 Å². The van der Waals surface area contributed by atoms with Gasteiger partial charge in [0.2, 0.25) is 0 Å². The molecule has 32 heavy (non-hydrogen) atoms. The van der Waals surface area contributed by atoms with Crippen molar-refractivity contribution in [2.45, 2.75) is 129 Å². The number of esters is 3. The maximum absolute atomic E-state index is 11.7. The Labute approximate surface area is 196 Å². The summed E-state index contributed by atoms with van der Waals surface area (Å²) < 4.78 is 15.5. The van der Waals surface area contributed by atoms with Gasteiger partial charge in [0.05, 0.1) is 32.7 Å². The highest BCUT2D eigenvalue weighted by molar-refractivity contribution is 5.77. The van der Waals surface area contributed by atoms with Gasteiger partial charge in [-0.05, 0) is 32.1 Å². The third-order valence-electron chi connectivity index (χ3n) is 5.34. The number of rotatable bonds is 23. The highest BCUT2D eigenvalue weighted by Gasteiger charge is 2.09. The molecule has 0 aliphatic carbocycles. The highest BCUT2D eigenvalue weighted by Crippen LogP contribution is 2.08. The van der Waals surface area contributed by atoms with Crippen LogP contribution in [0.3, 0.4) is 0 Å². The first-order valence-electron chi connectivity index (χ1n) is 13.1. The molecule has 0 aromatic carbocycles. The highest BCUT2D eigenvalue weighted by atomic mass is 16.5. The minimum Gasteiger partial charge on any atom is -0.466 e. The van der Waals surface area contributed by atoms with E-state index in [4.69, 9.17) is 14.2 Å². The van der Waals surface area contributed by atoms with Gasteiger partial charge >= 0.3 is 17.9 Å². The Bertz CT molecular complexity index is 463. The summed E-state index contributed by atoms with van der Waals surface area (Å²) in [6.07, 6.45) is 16.7. The van der Waals surface area contributed by atoms with Gasteiger partial charge in [-0.2, -0.15) is 0 Å². The van der Waals surface area contributed by atoms with Gasteiger partial charge < -0.3 is 14.2 Å². The zero-order chi connectivity index (χ0) is 23.7. The molecule has 6 heteroatoms. The Hall–Kier alpha value is -1.59. The molecule has 0 spiro atoms. The third-order valence-corrected chi connectivity index (χ3v) is 5.34. The lowest BCUT2D eigenvalue weighted by Crippen LogP contribution is -2.11. The fraction of sp³-hybridized carbons (Fsp3) is 0.885. The van der Waals surface area contributed by atoms with Crippen molar-refractivity contribution < 1.29 is 28.6 Å². The Balaban J connectivity index is 3.41. The van der Waals surface area contributed by atoms with Crippen molar-refractivity contribution in [1.29, 1.82) is 0 Å². The first-order chi connectivity index (χ1) is 15.6. The van der Waals surface area contributed by atoms with E-state index in [-0.39, 0.29) is 30.7 Å². The number of carbonyl (C=O) groups excluding carboxylic acids is 3. The van der Waals surface area contributed by atoms with Crippen molar-refractivity contribution in [3.8, 4) is 0 Å². The van der Waals surface area contributed by atoms with E-state index in [9.17, 15) is 14.4 Å². The molecule has 0 aromatic heterocycles. The summed E-state index contributed by atoms with van der Waals surface area (Å²) in [7, 11) is 0. The molecule has 0 aliphatic heterocycles. The van der Waals surface area contributed by atoms with Crippen molar-refractivity contribution in [2.75, 3.05) is 19.8 Å². The van der Waals surface area contributed by atoms with Crippen molar-refractivity contribution in [3.63, 3.8) is 0 Å². The molecule has 188 valence electrons. The van der Waals surface area contributed by atoms with Crippen LogP contribution in [-0.2, 0) is 28.6 Å². The zero-order valence-corrected chi connectivity index (χ0v) is 20.8. The van der Waals surface area contributed by atoms with E-state index in [1.165, 1.54) is 51.4 Å². The Morgan fingerprint density at radius 2 is 0.719 bits per heavy atom. The summed E-state index contributed by atoms with van der Waals surface area (Å²) in [6.45, 7) is 5.65.